The third-order valence-corrected chi connectivity index (χ3v) is 7.04. The minimum Gasteiger partial charge on any atom is -0.496 e. The highest BCUT2D eigenvalue weighted by Crippen LogP contribution is 2.28. The fraction of sp³-hybridized carbons (Fsp3) is 0.269. The molecule has 0 saturated carbocycles. The van der Waals surface area contributed by atoms with Crippen molar-refractivity contribution < 1.29 is 4.74 Å². The second kappa shape index (κ2) is 11.0. The third-order valence-electron chi connectivity index (χ3n) is 5.81. The van der Waals surface area contributed by atoms with Gasteiger partial charge in [0.25, 0.3) is 0 Å². The lowest BCUT2D eigenvalue weighted by atomic mass is 10.0. The molecule has 4 rings (SSSR count). The monoisotopic (exact) mass is 493 g/mol. The summed E-state index contributed by atoms with van der Waals surface area (Å²) in [5.74, 6) is 2.56. The number of aromatic nitrogens is 4. The number of hydrogen-bond donors (Lipinski definition) is 0. The van der Waals surface area contributed by atoms with Crippen molar-refractivity contribution in [2.24, 2.45) is 0 Å². The molecule has 0 aliphatic rings. The van der Waals surface area contributed by atoms with E-state index >= 15 is 0 Å². The van der Waals surface area contributed by atoms with Crippen LogP contribution in [0.5, 0.6) is 5.75 Å². The van der Waals surface area contributed by atoms with Gasteiger partial charge in [-0.15, -0.1) is 10.2 Å². The molecule has 0 amide bonds. The first-order chi connectivity index (χ1) is 16.5. The number of benzene rings is 2. The molecule has 6 nitrogen and oxygen atoms in total. The molecule has 0 aliphatic heterocycles. The van der Waals surface area contributed by atoms with E-state index in [4.69, 9.17) is 16.3 Å². The van der Waals surface area contributed by atoms with Crippen LogP contribution in [0.4, 0.5) is 0 Å². The fourth-order valence-corrected chi connectivity index (χ4v) is 4.94. The number of pyridine rings is 1. The number of halogens is 1. The molecule has 2 heterocycles. The lowest BCUT2D eigenvalue weighted by Crippen LogP contribution is -2.20. The van der Waals surface area contributed by atoms with Crippen LogP contribution in [-0.2, 0) is 18.8 Å². The van der Waals surface area contributed by atoms with Gasteiger partial charge < -0.3 is 4.74 Å². The van der Waals surface area contributed by atoms with Gasteiger partial charge in [-0.3, -0.25) is 14.5 Å². The smallest absolute Gasteiger partial charge is 0.196 e. The zero-order valence-corrected chi connectivity index (χ0v) is 21.4. The number of ether oxygens (including phenoxy) is 1. The fourth-order valence-electron chi connectivity index (χ4n) is 3.83. The van der Waals surface area contributed by atoms with E-state index in [0.29, 0.717) is 11.6 Å². The van der Waals surface area contributed by atoms with Gasteiger partial charge in [0.05, 0.1) is 19.3 Å². The van der Waals surface area contributed by atoms with Crippen LogP contribution < -0.4 is 4.74 Å². The average Bonchev–Trinajstić information content (AvgIpc) is 3.23. The van der Waals surface area contributed by atoms with Crippen molar-refractivity contribution in [3.63, 3.8) is 0 Å². The summed E-state index contributed by atoms with van der Waals surface area (Å²) in [7, 11) is 3.81. The summed E-state index contributed by atoms with van der Waals surface area (Å²) < 4.78 is 7.56. The molecule has 176 valence electrons. The van der Waals surface area contributed by atoms with Gasteiger partial charge in [-0.05, 0) is 79.5 Å². The zero-order valence-electron chi connectivity index (χ0n) is 19.8. The van der Waals surface area contributed by atoms with Gasteiger partial charge in [0.15, 0.2) is 11.0 Å². The molecule has 0 spiro atoms. The summed E-state index contributed by atoms with van der Waals surface area (Å²) in [5.41, 5.74) is 5.82. The minimum absolute atomic E-state index is 0.639. The van der Waals surface area contributed by atoms with Gasteiger partial charge in [0.2, 0.25) is 0 Å². The molecular weight excluding hydrogens is 466 g/mol. The van der Waals surface area contributed by atoms with Crippen LogP contribution in [0, 0.1) is 13.8 Å². The molecule has 34 heavy (non-hydrogen) atoms. The summed E-state index contributed by atoms with van der Waals surface area (Å²) >= 11 is 7.97. The molecular formula is C26H28ClN5OS. The Kier molecular flexibility index (Phi) is 7.88. The van der Waals surface area contributed by atoms with Crippen LogP contribution in [0.15, 0.2) is 66.1 Å². The van der Waals surface area contributed by atoms with Gasteiger partial charge in [-0.25, -0.2) is 0 Å². The van der Waals surface area contributed by atoms with Crippen LogP contribution in [-0.4, -0.2) is 38.8 Å². The topological polar surface area (TPSA) is 56.1 Å². The van der Waals surface area contributed by atoms with Gasteiger partial charge in [-0.1, -0.05) is 35.5 Å². The number of thioether (sulfide) groups is 1. The lowest BCUT2D eigenvalue weighted by Gasteiger charge is -2.20. The van der Waals surface area contributed by atoms with Crippen LogP contribution in [0.2, 0.25) is 5.02 Å². The maximum atomic E-state index is 6.32. The van der Waals surface area contributed by atoms with Crippen molar-refractivity contribution in [2.45, 2.75) is 37.8 Å². The van der Waals surface area contributed by atoms with E-state index < -0.39 is 0 Å². The summed E-state index contributed by atoms with van der Waals surface area (Å²) in [6.07, 6.45) is 3.61. The molecule has 0 radical (unpaired) electrons. The highest BCUT2D eigenvalue weighted by atomic mass is 35.5. The Labute approximate surface area is 210 Å². The second-order valence-corrected chi connectivity index (χ2v) is 9.59. The lowest BCUT2D eigenvalue weighted by molar-refractivity contribution is 0.307. The van der Waals surface area contributed by atoms with E-state index in [-0.39, 0.29) is 0 Å². The van der Waals surface area contributed by atoms with Crippen molar-refractivity contribution >= 4 is 23.4 Å². The molecule has 2 aromatic heterocycles. The number of nitrogens with zero attached hydrogens (tertiary/aromatic N) is 5. The van der Waals surface area contributed by atoms with E-state index in [0.717, 1.165) is 34.7 Å². The zero-order chi connectivity index (χ0) is 24.1. The molecule has 4 aromatic rings. The van der Waals surface area contributed by atoms with Gasteiger partial charge in [-0.2, -0.15) is 0 Å². The van der Waals surface area contributed by atoms with Crippen LogP contribution >= 0.6 is 23.4 Å². The molecule has 2 aromatic carbocycles. The molecule has 0 fully saturated rings. The predicted octanol–water partition coefficient (Wildman–Crippen LogP) is 5.87. The Hall–Kier alpha value is -2.87. The predicted molar refractivity (Wildman–Crippen MR) is 138 cm³/mol. The maximum Gasteiger partial charge on any atom is 0.196 e. The first-order valence-electron chi connectivity index (χ1n) is 11.0. The SMILES string of the molecule is COc1ccc(CN(C)Cc2nnc(SCc3ccncc3)n2-c2cccc(Cl)c2)c(C)c1C. The Morgan fingerprint density at radius 3 is 2.53 bits per heavy atom. The van der Waals surface area contributed by atoms with Gasteiger partial charge >= 0.3 is 0 Å². The summed E-state index contributed by atoms with van der Waals surface area (Å²) in [4.78, 5) is 6.34. The Morgan fingerprint density at radius 2 is 1.79 bits per heavy atom. The number of methoxy groups -OCH3 is 1. The second-order valence-electron chi connectivity index (χ2n) is 8.21. The van der Waals surface area contributed by atoms with Crippen LogP contribution in [0.3, 0.4) is 0 Å². The van der Waals surface area contributed by atoms with Crippen molar-refractivity contribution in [1.82, 2.24) is 24.6 Å². The van der Waals surface area contributed by atoms with Crippen LogP contribution in [0.25, 0.3) is 5.69 Å². The first-order valence-corrected chi connectivity index (χ1v) is 12.4. The van der Waals surface area contributed by atoms with Crippen molar-refractivity contribution in [3.05, 3.63) is 94.0 Å². The summed E-state index contributed by atoms with van der Waals surface area (Å²) in [5, 5.41) is 10.6. The van der Waals surface area contributed by atoms with E-state index in [2.05, 4.69) is 51.6 Å². The van der Waals surface area contributed by atoms with E-state index in [1.54, 1.807) is 31.3 Å². The third kappa shape index (κ3) is 5.60. The molecule has 0 N–H and O–H groups in total. The van der Waals surface area contributed by atoms with E-state index in [1.165, 1.54) is 22.3 Å². The Morgan fingerprint density at radius 1 is 1.00 bits per heavy atom. The molecule has 8 heteroatoms. The molecule has 0 atom stereocenters. The molecule has 0 bridgehead atoms. The molecule has 0 saturated heterocycles. The van der Waals surface area contributed by atoms with E-state index in [9.17, 15) is 0 Å². The van der Waals surface area contributed by atoms with Gasteiger partial charge in [0, 0.05) is 29.7 Å². The minimum atomic E-state index is 0.639. The van der Waals surface area contributed by atoms with E-state index in [1.807, 2.05) is 42.5 Å². The largest absolute Gasteiger partial charge is 0.496 e. The average molecular weight is 494 g/mol. The van der Waals surface area contributed by atoms with Crippen molar-refractivity contribution in [2.75, 3.05) is 14.2 Å². The van der Waals surface area contributed by atoms with Gasteiger partial charge in [0.1, 0.15) is 5.75 Å². The summed E-state index contributed by atoms with van der Waals surface area (Å²) in [6.45, 7) is 5.67. The number of rotatable bonds is 9. The standard InChI is InChI=1S/C26H28ClN5OS/c1-18-19(2)24(33-4)9-8-21(18)15-31(3)16-25-29-30-26(34-17-20-10-12-28-13-11-20)32(25)23-7-5-6-22(27)14-23/h5-14H,15-17H2,1-4H3. The number of hydrogen-bond acceptors (Lipinski definition) is 6. The first kappa shape index (κ1) is 24.3. The normalized spacial score (nSPS) is 11.2. The Bertz CT molecular complexity index is 1260. The van der Waals surface area contributed by atoms with Crippen LogP contribution in [0.1, 0.15) is 28.1 Å². The highest BCUT2D eigenvalue weighted by Gasteiger charge is 2.17. The summed E-state index contributed by atoms with van der Waals surface area (Å²) in [6, 6.07) is 16.0. The quantitative estimate of drug-likeness (QED) is 0.272. The maximum absolute atomic E-state index is 6.32. The van der Waals surface area contributed by atoms with Crippen molar-refractivity contribution in [1.29, 1.82) is 0 Å². The van der Waals surface area contributed by atoms with Crippen molar-refractivity contribution in [3.8, 4) is 11.4 Å². The highest BCUT2D eigenvalue weighted by molar-refractivity contribution is 7.98. The Balaban J connectivity index is 1.58. The molecule has 0 unspecified atom stereocenters. The molecule has 0 aliphatic carbocycles.